The van der Waals surface area contributed by atoms with Crippen LogP contribution in [0.3, 0.4) is 0 Å². The standard InChI is InChI=1S/C14H22N4O3S/c1-17(2)13-6-5-12(11-16-13)14(19)15-7-10-22(20,21)18-8-3-4-9-18/h5-6,11H,3-4,7-10H2,1-2H3,(H,15,19). The molecular formula is C14H22N4O3S. The number of amides is 1. The van der Waals surface area contributed by atoms with Crippen LogP contribution in [0.25, 0.3) is 0 Å². The number of carbonyl (C=O) groups excluding carboxylic acids is 1. The van der Waals surface area contributed by atoms with Crippen molar-refractivity contribution in [3.63, 3.8) is 0 Å². The maximum Gasteiger partial charge on any atom is 0.252 e. The molecule has 0 aliphatic carbocycles. The van der Waals surface area contributed by atoms with Gasteiger partial charge in [0.2, 0.25) is 10.0 Å². The number of nitrogens with zero attached hydrogens (tertiary/aromatic N) is 3. The van der Waals surface area contributed by atoms with E-state index >= 15 is 0 Å². The van der Waals surface area contributed by atoms with Gasteiger partial charge in [0, 0.05) is 39.9 Å². The third-order valence-corrected chi connectivity index (χ3v) is 5.44. The van der Waals surface area contributed by atoms with Crippen molar-refractivity contribution in [2.24, 2.45) is 0 Å². The lowest BCUT2D eigenvalue weighted by Crippen LogP contribution is -2.36. The van der Waals surface area contributed by atoms with Crippen molar-refractivity contribution in [2.75, 3.05) is 44.4 Å². The quantitative estimate of drug-likeness (QED) is 0.813. The molecule has 1 aliphatic rings. The average molecular weight is 326 g/mol. The molecule has 1 N–H and O–H groups in total. The number of pyridine rings is 1. The molecule has 1 saturated heterocycles. The Morgan fingerprint density at radius 3 is 2.55 bits per heavy atom. The Balaban J connectivity index is 1.84. The lowest BCUT2D eigenvalue weighted by molar-refractivity contribution is 0.0955. The molecule has 7 nitrogen and oxygen atoms in total. The van der Waals surface area contributed by atoms with E-state index in [-0.39, 0.29) is 18.2 Å². The summed E-state index contributed by atoms with van der Waals surface area (Å²) in [7, 11) is 0.473. The molecule has 1 aliphatic heterocycles. The zero-order valence-corrected chi connectivity index (χ0v) is 13.8. The van der Waals surface area contributed by atoms with Gasteiger partial charge in [0.1, 0.15) is 5.82 Å². The molecule has 0 unspecified atom stereocenters. The number of anilines is 1. The Hall–Kier alpha value is -1.67. The molecule has 0 atom stereocenters. The molecule has 8 heteroatoms. The van der Waals surface area contributed by atoms with Crippen LogP contribution in [0.1, 0.15) is 23.2 Å². The zero-order chi connectivity index (χ0) is 16.2. The topological polar surface area (TPSA) is 82.6 Å². The van der Waals surface area contributed by atoms with Crippen molar-refractivity contribution >= 4 is 21.7 Å². The number of sulfonamides is 1. The summed E-state index contributed by atoms with van der Waals surface area (Å²) < 4.78 is 25.5. The van der Waals surface area contributed by atoms with Gasteiger partial charge in [-0.2, -0.15) is 0 Å². The smallest absolute Gasteiger partial charge is 0.252 e. The van der Waals surface area contributed by atoms with E-state index in [2.05, 4.69) is 10.3 Å². The van der Waals surface area contributed by atoms with E-state index in [1.807, 2.05) is 19.0 Å². The summed E-state index contributed by atoms with van der Waals surface area (Å²) in [4.78, 5) is 18.0. The molecule has 1 fully saturated rings. The first-order valence-electron chi connectivity index (χ1n) is 7.29. The lowest BCUT2D eigenvalue weighted by atomic mass is 10.2. The molecule has 2 rings (SSSR count). The van der Waals surface area contributed by atoms with Crippen LogP contribution < -0.4 is 10.2 Å². The molecule has 0 saturated carbocycles. The first-order chi connectivity index (χ1) is 10.4. The first kappa shape index (κ1) is 16.7. The Morgan fingerprint density at radius 1 is 1.32 bits per heavy atom. The van der Waals surface area contributed by atoms with Crippen LogP contribution in [0.4, 0.5) is 5.82 Å². The maximum atomic E-state index is 12.0. The van der Waals surface area contributed by atoms with Crippen LogP contribution in [0, 0.1) is 0 Å². The second-order valence-corrected chi connectivity index (χ2v) is 7.57. The maximum absolute atomic E-state index is 12.0. The van der Waals surface area contributed by atoms with Gasteiger partial charge in [0.05, 0.1) is 11.3 Å². The third kappa shape index (κ3) is 4.17. The van der Waals surface area contributed by atoms with E-state index < -0.39 is 10.0 Å². The molecule has 1 amide bonds. The fourth-order valence-electron chi connectivity index (χ4n) is 2.28. The molecule has 2 heterocycles. The van der Waals surface area contributed by atoms with Gasteiger partial charge in [-0.05, 0) is 25.0 Å². The van der Waals surface area contributed by atoms with Gasteiger partial charge in [0.25, 0.3) is 5.91 Å². The second-order valence-electron chi connectivity index (χ2n) is 5.48. The minimum absolute atomic E-state index is 0.0675. The number of rotatable bonds is 6. The Morgan fingerprint density at radius 2 is 2.00 bits per heavy atom. The third-order valence-electron chi connectivity index (χ3n) is 3.57. The monoisotopic (exact) mass is 326 g/mol. The number of hydrogen-bond donors (Lipinski definition) is 1. The van der Waals surface area contributed by atoms with Crippen LogP contribution in [0.15, 0.2) is 18.3 Å². The van der Waals surface area contributed by atoms with E-state index in [0.29, 0.717) is 18.7 Å². The van der Waals surface area contributed by atoms with Gasteiger partial charge < -0.3 is 10.2 Å². The predicted molar refractivity (Wildman–Crippen MR) is 85.5 cm³/mol. The van der Waals surface area contributed by atoms with Gasteiger partial charge in [0.15, 0.2) is 0 Å². The summed E-state index contributed by atoms with van der Waals surface area (Å²) in [6.45, 7) is 1.28. The van der Waals surface area contributed by atoms with Gasteiger partial charge in [-0.3, -0.25) is 4.79 Å². The Labute approximate surface area is 131 Å². The summed E-state index contributed by atoms with van der Waals surface area (Å²) in [6.07, 6.45) is 3.31. The molecule has 22 heavy (non-hydrogen) atoms. The fourth-order valence-corrected chi connectivity index (χ4v) is 3.71. The molecule has 1 aromatic rings. The zero-order valence-electron chi connectivity index (χ0n) is 12.9. The molecule has 0 spiro atoms. The van der Waals surface area contributed by atoms with E-state index in [1.54, 1.807) is 12.1 Å². The van der Waals surface area contributed by atoms with E-state index in [4.69, 9.17) is 0 Å². The van der Waals surface area contributed by atoms with Crippen molar-refractivity contribution in [1.82, 2.24) is 14.6 Å². The molecule has 1 aromatic heterocycles. The van der Waals surface area contributed by atoms with Crippen molar-refractivity contribution in [1.29, 1.82) is 0 Å². The van der Waals surface area contributed by atoms with Crippen LogP contribution >= 0.6 is 0 Å². The van der Waals surface area contributed by atoms with Crippen LogP contribution in [0.5, 0.6) is 0 Å². The number of aromatic nitrogens is 1. The molecule has 0 aromatic carbocycles. The highest BCUT2D eigenvalue weighted by atomic mass is 32.2. The summed E-state index contributed by atoms with van der Waals surface area (Å²) in [5, 5.41) is 2.63. The fraction of sp³-hybridized carbons (Fsp3) is 0.571. The van der Waals surface area contributed by atoms with Crippen molar-refractivity contribution < 1.29 is 13.2 Å². The largest absolute Gasteiger partial charge is 0.363 e. The number of nitrogens with one attached hydrogen (secondary N) is 1. The number of carbonyl (C=O) groups is 1. The van der Waals surface area contributed by atoms with Gasteiger partial charge >= 0.3 is 0 Å². The molecule has 0 radical (unpaired) electrons. The van der Waals surface area contributed by atoms with E-state index in [1.165, 1.54) is 10.5 Å². The van der Waals surface area contributed by atoms with Crippen molar-refractivity contribution in [3.05, 3.63) is 23.9 Å². The molecule has 122 valence electrons. The normalized spacial score (nSPS) is 15.7. The number of hydrogen-bond acceptors (Lipinski definition) is 5. The van der Waals surface area contributed by atoms with Crippen molar-refractivity contribution in [2.45, 2.75) is 12.8 Å². The van der Waals surface area contributed by atoms with E-state index in [9.17, 15) is 13.2 Å². The lowest BCUT2D eigenvalue weighted by Gasteiger charge is -2.15. The molecular weight excluding hydrogens is 304 g/mol. The second kappa shape index (κ2) is 7.06. The minimum Gasteiger partial charge on any atom is -0.363 e. The van der Waals surface area contributed by atoms with E-state index in [0.717, 1.165) is 18.7 Å². The van der Waals surface area contributed by atoms with Gasteiger partial charge in [-0.1, -0.05) is 0 Å². The Bertz CT molecular complexity index is 607. The molecule has 0 bridgehead atoms. The SMILES string of the molecule is CN(C)c1ccc(C(=O)NCCS(=O)(=O)N2CCCC2)cn1. The first-order valence-corrected chi connectivity index (χ1v) is 8.90. The summed E-state index contributed by atoms with van der Waals surface area (Å²) >= 11 is 0. The van der Waals surface area contributed by atoms with Crippen LogP contribution in [0.2, 0.25) is 0 Å². The summed E-state index contributed by atoms with van der Waals surface area (Å²) in [6, 6.07) is 3.42. The minimum atomic E-state index is -3.26. The highest BCUT2D eigenvalue weighted by Crippen LogP contribution is 2.12. The van der Waals surface area contributed by atoms with Crippen LogP contribution in [-0.4, -0.2) is 63.1 Å². The summed E-state index contributed by atoms with van der Waals surface area (Å²) in [5.41, 5.74) is 0.421. The van der Waals surface area contributed by atoms with Crippen LogP contribution in [-0.2, 0) is 10.0 Å². The average Bonchev–Trinajstić information content (AvgIpc) is 3.02. The Kier molecular flexibility index (Phi) is 5.36. The highest BCUT2D eigenvalue weighted by Gasteiger charge is 2.24. The van der Waals surface area contributed by atoms with Gasteiger partial charge in [-0.25, -0.2) is 17.7 Å². The van der Waals surface area contributed by atoms with Gasteiger partial charge in [-0.15, -0.1) is 0 Å². The predicted octanol–water partition coefficient (Wildman–Crippen LogP) is 0.303. The highest BCUT2D eigenvalue weighted by molar-refractivity contribution is 7.89. The van der Waals surface area contributed by atoms with Crippen molar-refractivity contribution in [3.8, 4) is 0 Å². The summed E-state index contributed by atoms with van der Waals surface area (Å²) in [5.74, 6) is 0.379.